The van der Waals surface area contributed by atoms with Crippen molar-refractivity contribution in [2.24, 2.45) is 5.73 Å². The summed E-state index contributed by atoms with van der Waals surface area (Å²) in [5.74, 6) is -0.201. The molecular formula is C20H25N3O3. The van der Waals surface area contributed by atoms with Gasteiger partial charge in [-0.25, -0.2) is 4.79 Å². The zero-order chi connectivity index (χ0) is 19.0. The Balaban J connectivity index is 1.82. The minimum absolute atomic E-state index is 0.111. The highest BCUT2D eigenvalue weighted by atomic mass is 16.5. The average molecular weight is 355 g/mol. The van der Waals surface area contributed by atoms with E-state index in [0.29, 0.717) is 12.2 Å². The van der Waals surface area contributed by atoms with Gasteiger partial charge in [-0.3, -0.25) is 4.79 Å². The fraction of sp³-hybridized carbons (Fsp3) is 0.300. The molecule has 0 aliphatic heterocycles. The smallest absolute Gasteiger partial charge is 0.407 e. The van der Waals surface area contributed by atoms with E-state index in [1.54, 1.807) is 19.9 Å². The molecule has 4 N–H and O–H groups in total. The summed E-state index contributed by atoms with van der Waals surface area (Å²) in [6.07, 6.45) is -0.447. The third-order valence-corrected chi connectivity index (χ3v) is 3.70. The summed E-state index contributed by atoms with van der Waals surface area (Å²) < 4.78 is 5.20. The monoisotopic (exact) mass is 355 g/mol. The Hall–Kier alpha value is -2.86. The summed E-state index contributed by atoms with van der Waals surface area (Å²) >= 11 is 0. The van der Waals surface area contributed by atoms with Crippen molar-refractivity contribution in [1.82, 2.24) is 5.32 Å². The Bertz CT molecular complexity index is 745. The van der Waals surface area contributed by atoms with Crippen molar-refractivity contribution in [3.8, 4) is 0 Å². The molecule has 138 valence electrons. The quantitative estimate of drug-likeness (QED) is 0.711. The second-order valence-electron chi connectivity index (χ2n) is 6.70. The molecule has 0 bridgehead atoms. The lowest BCUT2D eigenvalue weighted by Gasteiger charge is -2.25. The second kappa shape index (κ2) is 9.01. The van der Waals surface area contributed by atoms with Crippen LogP contribution in [0.2, 0.25) is 0 Å². The lowest BCUT2D eigenvalue weighted by atomic mass is 10.0. The number of rotatable bonds is 7. The molecule has 2 aromatic rings. The summed E-state index contributed by atoms with van der Waals surface area (Å²) in [5.41, 5.74) is 7.37. The molecule has 0 unspecified atom stereocenters. The predicted octanol–water partition coefficient (Wildman–Crippen LogP) is 3.18. The summed E-state index contributed by atoms with van der Waals surface area (Å²) in [4.78, 5) is 24.2. The maximum absolute atomic E-state index is 12.3. The molecule has 0 spiro atoms. The fourth-order valence-corrected chi connectivity index (χ4v) is 2.46. The Morgan fingerprint density at radius 1 is 1.04 bits per heavy atom. The molecule has 0 atom stereocenters. The van der Waals surface area contributed by atoms with Gasteiger partial charge in [0.05, 0.1) is 0 Å². The van der Waals surface area contributed by atoms with E-state index >= 15 is 0 Å². The molecule has 0 aliphatic rings. The molecule has 26 heavy (non-hydrogen) atoms. The van der Waals surface area contributed by atoms with E-state index < -0.39 is 11.6 Å². The van der Waals surface area contributed by atoms with Gasteiger partial charge in [-0.2, -0.15) is 0 Å². The van der Waals surface area contributed by atoms with Crippen molar-refractivity contribution < 1.29 is 14.3 Å². The second-order valence-corrected chi connectivity index (χ2v) is 6.70. The van der Waals surface area contributed by atoms with E-state index in [9.17, 15) is 9.59 Å². The number of anilines is 1. The Morgan fingerprint density at radius 3 is 2.42 bits per heavy atom. The number of ether oxygens (including phenoxy) is 1. The Labute approximate surface area is 153 Å². The number of carbonyl (C=O) groups is 2. The van der Waals surface area contributed by atoms with Crippen LogP contribution in [-0.4, -0.2) is 17.5 Å². The average Bonchev–Trinajstić information content (AvgIpc) is 2.60. The molecule has 0 saturated heterocycles. The van der Waals surface area contributed by atoms with E-state index in [1.807, 2.05) is 48.5 Å². The van der Waals surface area contributed by atoms with Gasteiger partial charge in [-0.1, -0.05) is 42.5 Å². The molecule has 0 aromatic heterocycles. The Morgan fingerprint density at radius 2 is 1.73 bits per heavy atom. The summed E-state index contributed by atoms with van der Waals surface area (Å²) in [7, 11) is 0. The number of carbonyl (C=O) groups excluding carboxylic acids is 2. The van der Waals surface area contributed by atoms with Gasteiger partial charge in [0.25, 0.3) is 0 Å². The molecule has 0 aliphatic carbocycles. The SMILES string of the molecule is CC(C)(CC(=O)Nc1cccc(CN)c1)NC(=O)OCc1ccccc1. The van der Waals surface area contributed by atoms with Crippen LogP contribution in [0.25, 0.3) is 0 Å². The molecule has 2 aromatic carbocycles. The maximum atomic E-state index is 12.3. The van der Waals surface area contributed by atoms with Crippen molar-refractivity contribution in [2.45, 2.75) is 39.0 Å². The van der Waals surface area contributed by atoms with Crippen molar-refractivity contribution in [3.05, 3.63) is 65.7 Å². The normalized spacial score (nSPS) is 10.9. The van der Waals surface area contributed by atoms with Crippen LogP contribution in [0.4, 0.5) is 10.5 Å². The zero-order valence-electron chi connectivity index (χ0n) is 15.1. The van der Waals surface area contributed by atoms with Crippen LogP contribution in [0.15, 0.2) is 54.6 Å². The van der Waals surface area contributed by atoms with E-state index in [-0.39, 0.29) is 18.9 Å². The van der Waals surface area contributed by atoms with Crippen LogP contribution in [-0.2, 0) is 22.7 Å². The minimum Gasteiger partial charge on any atom is -0.445 e. The highest BCUT2D eigenvalue weighted by Crippen LogP contribution is 2.14. The molecule has 0 fully saturated rings. The van der Waals surface area contributed by atoms with Gasteiger partial charge in [0.1, 0.15) is 6.61 Å². The van der Waals surface area contributed by atoms with Crippen LogP contribution in [0.5, 0.6) is 0 Å². The number of hydrogen-bond acceptors (Lipinski definition) is 4. The molecule has 0 heterocycles. The molecule has 6 heteroatoms. The number of benzene rings is 2. The van der Waals surface area contributed by atoms with Gasteiger partial charge in [0, 0.05) is 24.2 Å². The zero-order valence-corrected chi connectivity index (χ0v) is 15.1. The highest BCUT2D eigenvalue weighted by molar-refractivity contribution is 5.91. The van der Waals surface area contributed by atoms with Crippen LogP contribution in [0, 0.1) is 0 Å². The third kappa shape index (κ3) is 6.57. The number of amides is 2. The van der Waals surface area contributed by atoms with E-state index in [2.05, 4.69) is 10.6 Å². The summed E-state index contributed by atoms with van der Waals surface area (Å²) in [6.45, 7) is 4.13. The molecule has 6 nitrogen and oxygen atoms in total. The van der Waals surface area contributed by atoms with Gasteiger partial charge >= 0.3 is 6.09 Å². The van der Waals surface area contributed by atoms with Crippen LogP contribution in [0.1, 0.15) is 31.4 Å². The van der Waals surface area contributed by atoms with E-state index in [0.717, 1.165) is 11.1 Å². The third-order valence-electron chi connectivity index (χ3n) is 3.70. The standard InChI is InChI=1S/C20H25N3O3/c1-20(2,23-19(25)26-14-15-7-4-3-5-8-15)12-18(24)22-17-10-6-9-16(11-17)13-21/h3-11H,12-14,21H2,1-2H3,(H,22,24)(H,23,25). The first-order valence-electron chi connectivity index (χ1n) is 8.46. The number of nitrogens with one attached hydrogen (secondary N) is 2. The highest BCUT2D eigenvalue weighted by Gasteiger charge is 2.25. The van der Waals surface area contributed by atoms with Gasteiger partial charge in [0.15, 0.2) is 0 Å². The van der Waals surface area contributed by atoms with Gasteiger partial charge in [-0.15, -0.1) is 0 Å². The molecule has 0 saturated carbocycles. The van der Waals surface area contributed by atoms with Crippen molar-refractivity contribution >= 4 is 17.7 Å². The summed E-state index contributed by atoms with van der Waals surface area (Å²) in [5, 5.41) is 5.54. The number of nitrogens with two attached hydrogens (primary N) is 1. The van der Waals surface area contributed by atoms with Crippen molar-refractivity contribution in [2.75, 3.05) is 5.32 Å². The van der Waals surface area contributed by atoms with Gasteiger partial charge < -0.3 is 21.1 Å². The van der Waals surface area contributed by atoms with Crippen molar-refractivity contribution in [1.29, 1.82) is 0 Å². The van der Waals surface area contributed by atoms with Crippen LogP contribution >= 0.6 is 0 Å². The topological polar surface area (TPSA) is 93.5 Å². The maximum Gasteiger partial charge on any atom is 0.407 e. The Kier molecular flexibility index (Phi) is 6.74. The molecule has 2 rings (SSSR count). The number of hydrogen-bond donors (Lipinski definition) is 3. The first-order valence-corrected chi connectivity index (χ1v) is 8.46. The largest absolute Gasteiger partial charge is 0.445 e. The van der Waals surface area contributed by atoms with Crippen molar-refractivity contribution in [3.63, 3.8) is 0 Å². The van der Waals surface area contributed by atoms with Gasteiger partial charge in [0.2, 0.25) is 5.91 Å². The molecule has 0 radical (unpaired) electrons. The van der Waals surface area contributed by atoms with Gasteiger partial charge in [-0.05, 0) is 37.1 Å². The molecular weight excluding hydrogens is 330 g/mol. The van der Waals surface area contributed by atoms with Crippen LogP contribution < -0.4 is 16.4 Å². The fourth-order valence-electron chi connectivity index (χ4n) is 2.46. The predicted molar refractivity (Wildman–Crippen MR) is 101 cm³/mol. The first kappa shape index (κ1) is 19.5. The minimum atomic E-state index is -0.747. The molecule has 2 amide bonds. The lowest BCUT2D eigenvalue weighted by molar-refractivity contribution is -0.117. The first-order chi connectivity index (χ1) is 12.4. The van der Waals surface area contributed by atoms with Crippen LogP contribution in [0.3, 0.4) is 0 Å². The number of alkyl carbamates (subject to hydrolysis) is 1. The summed E-state index contributed by atoms with van der Waals surface area (Å²) in [6, 6.07) is 16.8. The lowest BCUT2D eigenvalue weighted by Crippen LogP contribution is -2.46. The van der Waals surface area contributed by atoms with E-state index in [1.165, 1.54) is 0 Å². The van der Waals surface area contributed by atoms with E-state index in [4.69, 9.17) is 10.5 Å².